The molecule has 3 N–H and O–H groups in total. The van der Waals surface area contributed by atoms with Crippen molar-refractivity contribution in [2.45, 2.75) is 19.5 Å². The Morgan fingerprint density at radius 1 is 1.22 bits per heavy atom. The summed E-state index contributed by atoms with van der Waals surface area (Å²) in [4.78, 5) is 31.9. The third-order valence-corrected chi connectivity index (χ3v) is 6.20. The molecule has 2 aliphatic heterocycles. The lowest BCUT2D eigenvalue weighted by atomic mass is 10.0. The second-order valence-electron chi connectivity index (χ2n) is 7.46. The van der Waals surface area contributed by atoms with E-state index in [4.69, 9.17) is 9.73 Å². The molecule has 2 heterocycles. The Labute approximate surface area is 191 Å². The van der Waals surface area contributed by atoms with E-state index < -0.39 is 0 Å². The van der Waals surface area contributed by atoms with Crippen molar-refractivity contribution in [3.05, 3.63) is 60.2 Å². The number of anilines is 1. The van der Waals surface area contributed by atoms with Crippen LogP contribution in [0.15, 0.2) is 59.6 Å². The maximum atomic E-state index is 13.2. The van der Waals surface area contributed by atoms with Gasteiger partial charge < -0.3 is 10.1 Å². The lowest BCUT2D eigenvalue weighted by molar-refractivity contribution is -0.121. The Morgan fingerprint density at radius 3 is 2.75 bits per heavy atom. The summed E-state index contributed by atoms with van der Waals surface area (Å²) in [6.45, 7) is 3.58. The quantitative estimate of drug-likeness (QED) is 0.565. The van der Waals surface area contributed by atoms with Gasteiger partial charge in [-0.15, -0.1) is 0 Å². The number of benzene rings is 2. The molecule has 168 valence electrons. The number of aliphatic imine (C=N–C) groups is 1. The molecule has 2 unspecified atom stereocenters. The summed E-state index contributed by atoms with van der Waals surface area (Å²) in [5.74, 6) is 0.502. The molecule has 0 spiro atoms. The third kappa shape index (κ3) is 5.29. The van der Waals surface area contributed by atoms with Crippen molar-refractivity contribution < 1.29 is 14.3 Å². The van der Waals surface area contributed by atoms with E-state index >= 15 is 0 Å². The molecular weight excluding hydrogens is 426 g/mol. The molecule has 32 heavy (non-hydrogen) atoms. The van der Waals surface area contributed by atoms with E-state index in [0.717, 1.165) is 12.2 Å². The first-order chi connectivity index (χ1) is 15.7. The Bertz CT molecular complexity index is 967. The summed E-state index contributed by atoms with van der Waals surface area (Å²) in [6.07, 6.45) is 0.444. The lowest BCUT2D eigenvalue weighted by Gasteiger charge is -2.32. The maximum Gasteiger partial charge on any atom is 0.241 e. The van der Waals surface area contributed by atoms with Crippen LogP contribution in [0.25, 0.3) is 0 Å². The number of carbonyl (C=O) groups is 2. The number of hydrazine groups is 1. The highest BCUT2D eigenvalue weighted by Gasteiger charge is 2.42. The number of hydrogen-bond acceptors (Lipinski definition) is 7. The van der Waals surface area contributed by atoms with Crippen LogP contribution >= 0.6 is 11.8 Å². The molecule has 1 saturated heterocycles. The zero-order valence-electron chi connectivity index (χ0n) is 17.9. The number of hydrogen-bond donors (Lipinski definition) is 3. The highest BCUT2D eigenvalue weighted by atomic mass is 32.2. The Morgan fingerprint density at radius 2 is 2.00 bits per heavy atom. The molecule has 2 amide bonds. The Kier molecular flexibility index (Phi) is 7.41. The van der Waals surface area contributed by atoms with E-state index in [2.05, 4.69) is 16.2 Å². The Hall–Kier alpha value is -2.88. The summed E-state index contributed by atoms with van der Waals surface area (Å²) in [7, 11) is 0. The summed E-state index contributed by atoms with van der Waals surface area (Å²) in [5, 5.41) is 3.45. The van der Waals surface area contributed by atoms with Crippen LogP contribution < -0.4 is 25.8 Å². The van der Waals surface area contributed by atoms with E-state index in [-0.39, 0.29) is 29.7 Å². The van der Waals surface area contributed by atoms with Crippen molar-refractivity contribution in [2.24, 2.45) is 10.9 Å². The number of amides is 2. The van der Waals surface area contributed by atoms with Crippen LogP contribution in [0, 0.1) is 5.92 Å². The average molecular weight is 454 g/mol. The minimum absolute atomic E-state index is 0.0429. The van der Waals surface area contributed by atoms with Gasteiger partial charge in [-0.25, -0.2) is 10.4 Å². The zero-order valence-corrected chi connectivity index (χ0v) is 18.7. The van der Waals surface area contributed by atoms with Gasteiger partial charge in [0.05, 0.1) is 24.0 Å². The molecule has 0 radical (unpaired) electrons. The van der Waals surface area contributed by atoms with Gasteiger partial charge in [-0.1, -0.05) is 42.1 Å². The molecule has 2 aliphatic rings. The van der Waals surface area contributed by atoms with E-state index in [0.29, 0.717) is 30.6 Å². The van der Waals surface area contributed by atoms with Gasteiger partial charge in [0.15, 0.2) is 5.17 Å². The number of nitrogens with one attached hydrogen (secondary N) is 3. The van der Waals surface area contributed by atoms with Crippen molar-refractivity contribution in [2.75, 3.05) is 30.3 Å². The monoisotopic (exact) mass is 453 g/mol. The number of ether oxygens (including phenoxy) is 1. The first-order valence-corrected chi connectivity index (χ1v) is 11.7. The van der Waals surface area contributed by atoms with Crippen LogP contribution in [0.1, 0.15) is 12.5 Å². The second-order valence-corrected chi connectivity index (χ2v) is 8.41. The normalized spacial score (nSPS) is 20.0. The number of fused-ring (bicyclic) bond motifs is 1. The van der Waals surface area contributed by atoms with Gasteiger partial charge in [-0.2, -0.15) is 0 Å². The predicted octanol–water partition coefficient (Wildman–Crippen LogP) is 1.93. The van der Waals surface area contributed by atoms with E-state index in [1.807, 2.05) is 61.5 Å². The first kappa shape index (κ1) is 22.3. The number of rotatable bonds is 8. The Balaban J connectivity index is 1.41. The third-order valence-electron chi connectivity index (χ3n) is 5.25. The maximum absolute atomic E-state index is 13.2. The number of carbonyl (C=O) groups excluding carboxylic acids is 2. The van der Waals surface area contributed by atoms with Crippen LogP contribution in [0.5, 0.6) is 5.75 Å². The van der Waals surface area contributed by atoms with Crippen LogP contribution in [0.2, 0.25) is 0 Å². The highest BCUT2D eigenvalue weighted by Crippen LogP contribution is 2.30. The lowest BCUT2D eigenvalue weighted by Crippen LogP contribution is -2.49. The molecule has 2 atom stereocenters. The molecule has 0 saturated carbocycles. The van der Waals surface area contributed by atoms with Gasteiger partial charge in [0.2, 0.25) is 11.8 Å². The smallest absolute Gasteiger partial charge is 0.241 e. The van der Waals surface area contributed by atoms with Gasteiger partial charge in [0, 0.05) is 13.1 Å². The molecule has 0 aromatic heterocycles. The molecule has 2 aromatic carbocycles. The minimum Gasteiger partial charge on any atom is -0.494 e. The number of amidine groups is 1. The number of nitrogens with zero attached hydrogens (tertiary/aromatic N) is 2. The molecule has 2 aromatic rings. The van der Waals surface area contributed by atoms with Gasteiger partial charge >= 0.3 is 0 Å². The SMILES string of the molecule is CCOc1ccc(N2C(=O)C3CNNC3N=C2SCC(=O)NCCc2ccccc2)cc1. The fraction of sp³-hybridized carbons (Fsp3) is 0.348. The summed E-state index contributed by atoms with van der Waals surface area (Å²) in [5.41, 5.74) is 7.93. The van der Waals surface area contributed by atoms with Crippen molar-refractivity contribution in [3.63, 3.8) is 0 Å². The average Bonchev–Trinajstić information content (AvgIpc) is 3.29. The van der Waals surface area contributed by atoms with Crippen molar-refractivity contribution in [1.29, 1.82) is 0 Å². The fourth-order valence-electron chi connectivity index (χ4n) is 3.64. The zero-order chi connectivity index (χ0) is 22.3. The van der Waals surface area contributed by atoms with Gasteiger partial charge in [0.25, 0.3) is 0 Å². The minimum atomic E-state index is -0.329. The molecular formula is C23H27N5O3S. The van der Waals surface area contributed by atoms with E-state index in [1.54, 1.807) is 4.90 Å². The standard InChI is InChI=1S/C23H27N5O3S/c1-2-31-18-10-8-17(9-11-18)28-22(30)19-14-25-27-21(19)26-23(28)32-15-20(29)24-13-12-16-6-4-3-5-7-16/h3-11,19,21,25,27H,2,12-15H2,1H3,(H,24,29). The summed E-state index contributed by atoms with van der Waals surface area (Å²) in [6, 6.07) is 17.4. The molecule has 4 rings (SSSR count). The van der Waals surface area contributed by atoms with E-state index in [1.165, 1.54) is 17.3 Å². The summed E-state index contributed by atoms with van der Waals surface area (Å²) >= 11 is 1.27. The topological polar surface area (TPSA) is 95.1 Å². The fourth-order valence-corrected chi connectivity index (χ4v) is 4.51. The largest absolute Gasteiger partial charge is 0.494 e. The van der Waals surface area contributed by atoms with Crippen LogP contribution in [0.4, 0.5) is 5.69 Å². The molecule has 0 bridgehead atoms. The highest BCUT2D eigenvalue weighted by molar-refractivity contribution is 8.14. The second kappa shape index (κ2) is 10.6. The molecule has 0 aliphatic carbocycles. The molecule has 8 nitrogen and oxygen atoms in total. The first-order valence-electron chi connectivity index (χ1n) is 10.7. The van der Waals surface area contributed by atoms with E-state index in [9.17, 15) is 9.59 Å². The predicted molar refractivity (Wildman–Crippen MR) is 127 cm³/mol. The van der Waals surface area contributed by atoms with Crippen LogP contribution in [-0.2, 0) is 16.0 Å². The van der Waals surface area contributed by atoms with Gasteiger partial charge in [-0.05, 0) is 43.2 Å². The number of thioether (sulfide) groups is 1. The van der Waals surface area contributed by atoms with Crippen molar-refractivity contribution in [3.8, 4) is 5.75 Å². The van der Waals surface area contributed by atoms with Crippen LogP contribution in [-0.4, -0.2) is 48.6 Å². The van der Waals surface area contributed by atoms with Crippen molar-refractivity contribution in [1.82, 2.24) is 16.2 Å². The van der Waals surface area contributed by atoms with Crippen LogP contribution in [0.3, 0.4) is 0 Å². The van der Waals surface area contributed by atoms with Gasteiger partial charge in [-0.3, -0.25) is 19.9 Å². The van der Waals surface area contributed by atoms with Crippen molar-refractivity contribution >= 4 is 34.4 Å². The van der Waals surface area contributed by atoms with Gasteiger partial charge in [0.1, 0.15) is 11.9 Å². The summed E-state index contributed by atoms with van der Waals surface area (Å²) < 4.78 is 5.51. The molecule has 9 heteroatoms. The molecule has 1 fully saturated rings.